The van der Waals surface area contributed by atoms with Gasteiger partial charge in [0.15, 0.2) is 0 Å². The van der Waals surface area contributed by atoms with Gasteiger partial charge in [-0.05, 0) is 30.7 Å². The maximum absolute atomic E-state index is 13.0. The van der Waals surface area contributed by atoms with E-state index in [9.17, 15) is 4.79 Å². The van der Waals surface area contributed by atoms with E-state index in [-0.39, 0.29) is 5.91 Å². The van der Waals surface area contributed by atoms with Crippen LogP contribution in [0.15, 0.2) is 61.2 Å². The predicted octanol–water partition coefficient (Wildman–Crippen LogP) is 2.90. The Labute approximate surface area is 162 Å². The molecule has 1 aromatic carbocycles. The molecule has 0 saturated heterocycles. The Hall–Kier alpha value is -3.61. The summed E-state index contributed by atoms with van der Waals surface area (Å²) in [6.45, 7) is 1.99. The maximum atomic E-state index is 13.0. The number of hydrogen-bond donors (Lipinski definition) is 1. The standard InChI is InChI=1S/C21H21N5O2/c1-14-8-10-26-13-16(23-18(26)12-14)21(27)24-19(20-22-9-11-25(20)2)15-6-4-5-7-17(15)28-3/h4-13,19H,1-3H3,(H,24,27). The molecule has 0 fully saturated rings. The molecule has 4 rings (SSSR count). The predicted molar refractivity (Wildman–Crippen MR) is 105 cm³/mol. The van der Waals surface area contributed by atoms with Crippen LogP contribution in [0.2, 0.25) is 0 Å². The van der Waals surface area contributed by atoms with Crippen LogP contribution < -0.4 is 10.1 Å². The van der Waals surface area contributed by atoms with Crippen molar-refractivity contribution in [2.75, 3.05) is 7.11 Å². The summed E-state index contributed by atoms with van der Waals surface area (Å²) < 4.78 is 9.22. The zero-order chi connectivity index (χ0) is 19.7. The molecule has 0 aliphatic carbocycles. The highest BCUT2D eigenvalue weighted by Gasteiger charge is 2.25. The minimum atomic E-state index is -0.477. The average Bonchev–Trinajstić information content (AvgIpc) is 3.31. The number of hydrogen-bond acceptors (Lipinski definition) is 4. The number of imidazole rings is 2. The van der Waals surface area contributed by atoms with E-state index in [2.05, 4.69) is 15.3 Å². The number of methoxy groups -OCH3 is 1. The van der Waals surface area contributed by atoms with Crippen LogP contribution in [0.1, 0.15) is 33.5 Å². The summed E-state index contributed by atoms with van der Waals surface area (Å²) in [6.07, 6.45) is 7.17. The molecular formula is C21H21N5O2. The summed E-state index contributed by atoms with van der Waals surface area (Å²) >= 11 is 0. The molecule has 142 valence electrons. The fourth-order valence-corrected chi connectivity index (χ4v) is 3.24. The molecule has 1 atom stereocenters. The monoisotopic (exact) mass is 375 g/mol. The summed E-state index contributed by atoms with van der Waals surface area (Å²) in [5, 5.41) is 3.07. The van der Waals surface area contributed by atoms with Crippen LogP contribution in [0.4, 0.5) is 0 Å². The van der Waals surface area contributed by atoms with Crippen molar-refractivity contribution in [1.29, 1.82) is 0 Å². The van der Waals surface area contributed by atoms with Gasteiger partial charge in [-0.15, -0.1) is 0 Å². The third-order valence-electron chi connectivity index (χ3n) is 4.69. The van der Waals surface area contributed by atoms with Crippen LogP contribution in [0, 0.1) is 6.92 Å². The van der Waals surface area contributed by atoms with E-state index in [1.807, 2.05) is 71.7 Å². The number of carbonyl (C=O) groups excluding carboxylic acids is 1. The SMILES string of the molecule is COc1ccccc1C(NC(=O)c1cn2ccc(C)cc2n1)c1nccn1C. The van der Waals surface area contributed by atoms with E-state index < -0.39 is 6.04 Å². The number of fused-ring (bicyclic) bond motifs is 1. The Morgan fingerprint density at radius 1 is 1.21 bits per heavy atom. The minimum Gasteiger partial charge on any atom is -0.496 e. The van der Waals surface area contributed by atoms with Gasteiger partial charge in [-0.3, -0.25) is 4.79 Å². The number of carbonyl (C=O) groups is 1. The van der Waals surface area contributed by atoms with Crippen LogP contribution in [0.5, 0.6) is 5.75 Å². The number of benzene rings is 1. The summed E-state index contributed by atoms with van der Waals surface area (Å²) in [5.41, 5.74) is 2.99. The first-order valence-corrected chi connectivity index (χ1v) is 8.93. The molecule has 1 amide bonds. The third kappa shape index (κ3) is 3.22. The second kappa shape index (κ2) is 7.19. The molecule has 0 spiro atoms. The van der Waals surface area contributed by atoms with E-state index in [4.69, 9.17) is 4.74 Å². The van der Waals surface area contributed by atoms with Crippen molar-refractivity contribution in [3.05, 3.63) is 83.8 Å². The zero-order valence-corrected chi connectivity index (χ0v) is 16.0. The number of amides is 1. The molecule has 7 nitrogen and oxygen atoms in total. The topological polar surface area (TPSA) is 73.4 Å². The van der Waals surface area contributed by atoms with E-state index in [1.54, 1.807) is 19.5 Å². The maximum Gasteiger partial charge on any atom is 0.272 e. The van der Waals surface area contributed by atoms with Crippen LogP contribution in [-0.4, -0.2) is 32.0 Å². The van der Waals surface area contributed by atoms with Crippen molar-refractivity contribution in [3.8, 4) is 5.75 Å². The number of nitrogens with one attached hydrogen (secondary N) is 1. The molecule has 0 aliphatic rings. The molecule has 3 heterocycles. The number of rotatable bonds is 5. The fraction of sp³-hybridized carbons (Fsp3) is 0.190. The third-order valence-corrected chi connectivity index (χ3v) is 4.69. The van der Waals surface area contributed by atoms with Gasteiger partial charge in [-0.1, -0.05) is 18.2 Å². The largest absolute Gasteiger partial charge is 0.496 e. The Kier molecular flexibility index (Phi) is 4.57. The molecule has 1 N–H and O–H groups in total. The number of nitrogens with zero attached hydrogens (tertiary/aromatic N) is 4. The molecule has 4 aromatic rings. The Morgan fingerprint density at radius 2 is 2.04 bits per heavy atom. The molecule has 3 aromatic heterocycles. The van der Waals surface area contributed by atoms with Crippen LogP contribution in [0.25, 0.3) is 5.65 Å². The molecule has 1 unspecified atom stereocenters. The second-order valence-corrected chi connectivity index (χ2v) is 6.64. The van der Waals surface area contributed by atoms with E-state index >= 15 is 0 Å². The quantitative estimate of drug-likeness (QED) is 0.582. The van der Waals surface area contributed by atoms with Gasteiger partial charge in [0.05, 0.1) is 7.11 Å². The van der Waals surface area contributed by atoms with Gasteiger partial charge in [0, 0.05) is 37.4 Å². The lowest BCUT2D eigenvalue weighted by Gasteiger charge is -2.20. The lowest BCUT2D eigenvalue weighted by Crippen LogP contribution is -2.31. The highest BCUT2D eigenvalue weighted by atomic mass is 16.5. The van der Waals surface area contributed by atoms with Gasteiger partial charge < -0.3 is 19.0 Å². The van der Waals surface area contributed by atoms with Crippen molar-refractivity contribution in [3.63, 3.8) is 0 Å². The first kappa shape index (κ1) is 17.8. The van der Waals surface area contributed by atoms with E-state index in [0.29, 0.717) is 17.3 Å². The lowest BCUT2D eigenvalue weighted by atomic mass is 10.0. The van der Waals surface area contributed by atoms with Gasteiger partial charge in [-0.25, -0.2) is 9.97 Å². The lowest BCUT2D eigenvalue weighted by molar-refractivity contribution is 0.0936. The Balaban J connectivity index is 1.72. The Morgan fingerprint density at radius 3 is 2.79 bits per heavy atom. The van der Waals surface area contributed by atoms with Gasteiger partial charge in [0.2, 0.25) is 0 Å². The molecule has 28 heavy (non-hydrogen) atoms. The highest BCUT2D eigenvalue weighted by Crippen LogP contribution is 2.29. The molecule has 0 aliphatic heterocycles. The number of pyridine rings is 1. The smallest absolute Gasteiger partial charge is 0.272 e. The highest BCUT2D eigenvalue weighted by molar-refractivity contribution is 5.93. The molecule has 0 saturated carbocycles. The minimum absolute atomic E-state index is 0.278. The summed E-state index contributed by atoms with van der Waals surface area (Å²) in [7, 11) is 3.51. The number of aryl methyl sites for hydroxylation is 2. The van der Waals surface area contributed by atoms with Crippen molar-refractivity contribution in [2.45, 2.75) is 13.0 Å². The zero-order valence-electron chi connectivity index (χ0n) is 16.0. The molecule has 0 radical (unpaired) electrons. The molecular weight excluding hydrogens is 354 g/mol. The van der Waals surface area contributed by atoms with Crippen molar-refractivity contribution >= 4 is 11.6 Å². The van der Waals surface area contributed by atoms with Crippen LogP contribution in [0.3, 0.4) is 0 Å². The van der Waals surface area contributed by atoms with E-state index in [0.717, 1.165) is 16.8 Å². The van der Waals surface area contributed by atoms with Crippen molar-refractivity contribution < 1.29 is 9.53 Å². The first-order valence-electron chi connectivity index (χ1n) is 8.93. The van der Waals surface area contributed by atoms with Gasteiger partial charge >= 0.3 is 0 Å². The first-order chi connectivity index (χ1) is 13.6. The molecule has 0 bridgehead atoms. The normalized spacial score (nSPS) is 12.1. The van der Waals surface area contributed by atoms with Gasteiger partial charge in [0.25, 0.3) is 5.91 Å². The summed E-state index contributed by atoms with van der Waals surface area (Å²) in [4.78, 5) is 21.9. The second-order valence-electron chi connectivity index (χ2n) is 6.64. The average molecular weight is 375 g/mol. The van der Waals surface area contributed by atoms with E-state index in [1.165, 1.54) is 0 Å². The molecule has 7 heteroatoms. The summed E-state index contributed by atoms with van der Waals surface area (Å²) in [6, 6.07) is 11.0. The Bertz CT molecular complexity index is 1140. The van der Waals surface area contributed by atoms with Crippen LogP contribution in [-0.2, 0) is 7.05 Å². The number of ether oxygens (including phenoxy) is 1. The fourth-order valence-electron chi connectivity index (χ4n) is 3.24. The summed E-state index contributed by atoms with van der Waals surface area (Å²) in [5.74, 6) is 1.11. The van der Waals surface area contributed by atoms with Gasteiger partial charge in [0.1, 0.15) is 29.0 Å². The van der Waals surface area contributed by atoms with Crippen molar-refractivity contribution in [1.82, 2.24) is 24.3 Å². The van der Waals surface area contributed by atoms with Crippen LogP contribution >= 0.6 is 0 Å². The number of aromatic nitrogens is 4. The van der Waals surface area contributed by atoms with Gasteiger partial charge in [-0.2, -0.15) is 0 Å². The van der Waals surface area contributed by atoms with Crippen molar-refractivity contribution in [2.24, 2.45) is 7.05 Å². The number of para-hydroxylation sites is 1.